The van der Waals surface area contributed by atoms with Gasteiger partial charge >= 0.3 is 0 Å². The third-order valence-electron chi connectivity index (χ3n) is 2.79. The number of halogens is 3. The van der Waals surface area contributed by atoms with Gasteiger partial charge in [0.25, 0.3) is 0 Å². The van der Waals surface area contributed by atoms with Crippen molar-refractivity contribution in [2.24, 2.45) is 0 Å². The molecule has 0 radical (unpaired) electrons. The number of carbonyl (C=O) groups excluding carboxylic acids is 1. The molecule has 1 unspecified atom stereocenters. The molecular weight excluding hydrogens is 295 g/mol. The lowest BCUT2D eigenvalue weighted by Gasteiger charge is -2.35. The maximum Gasteiger partial charge on any atom is 0.223 e. The molecule has 18 heavy (non-hydrogen) atoms. The highest BCUT2D eigenvalue weighted by molar-refractivity contribution is 6.68. The summed E-state index contributed by atoms with van der Waals surface area (Å²) in [7, 11) is 0. The van der Waals surface area contributed by atoms with Crippen LogP contribution < -0.4 is 5.32 Å². The zero-order valence-corrected chi connectivity index (χ0v) is 13.6. The molecule has 0 aliphatic rings. The zero-order valence-electron chi connectivity index (χ0n) is 11.3. The Morgan fingerprint density at radius 1 is 1.17 bits per heavy atom. The second kappa shape index (κ2) is 9.24. The number of unbranched alkanes of at least 4 members (excludes halogenated alkanes) is 2. The van der Waals surface area contributed by atoms with Crippen molar-refractivity contribution in [3.8, 4) is 0 Å². The summed E-state index contributed by atoms with van der Waals surface area (Å²) in [5, 5.41) is 2.81. The molecule has 0 aliphatic heterocycles. The van der Waals surface area contributed by atoms with Gasteiger partial charge in [-0.05, 0) is 19.5 Å². The van der Waals surface area contributed by atoms with Crippen LogP contribution in [-0.2, 0) is 4.79 Å². The lowest BCUT2D eigenvalue weighted by molar-refractivity contribution is -0.123. The van der Waals surface area contributed by atoms with Crippen LogP contribution >= 0.6 is 34.8 Å². The first-order valence-electron chi connectivity index (χ1n) is 6.46. The van der Waals surface area contributed by atoms with E-state index in [1.54, 1.807) is 0 Å². The molecule has 0 aliphatic carbocycles. The number of rotatable bonds is 8. The highest BCUT2D eigenvalue weighted by Gasteiger charge is 2.37. The molecule has 0 saturated heterocycles. The highest BCUT2D eigenvalue weighted by Crippen LogP contribution is 2.32. The van der Waals surface area contributed by atoms with Crippen LogP contribution in [0.2, 0.25) is 0 Å². The summed E-state index contributed by atoms with van der Waals surface area (Å²) < 4.78 is -1.52. The van der Waals surface area contributed by atoms with Crippen molar-refractivity contribution >= 4 is 40.7 Å². The van der Waals surface area contributed by atoms with Gasteiger partial charge in [0, 0.05) is 6.42 Å². The number of amides is 1. The minimum Gasteiger partial charge on any atom is -0.337 e. The molecule has 0 aromatic carbocycles. The van der Waals surface area contributed by atoms with E-state index < -0.39 is 9.96 Å². The maximum absolute atomic E-state index is 11.8. The number of carbonyl (C=O) groups is 1. The van der Waals surface area contributed by atoms with Crippen LogP contribution in [0.15, 0.2) is 0 Å². The topological polar surface area (TPSA) is 32.3 Å². The fraction of sp³-hybridized carbons (Fsp3) is 0.917. The SMILES string of the molecule is CCCCCC(=O)NC(N(CC)CC)C(Cl)(Cl)Cl. The molecule has 0 bridgehead atoms. The van der Waals surface area contributed by atoms with E-state index >= 15 is 0 Å². The quantitative estimate of drug-likeness (QED) is 0.420. The van der Waals surface area contributed by atoms with Crippen LogP contribution in [0.4, 0.5) is 0 Å². The molecule has 108 valence electrons. The molecule has 1 atom stereocenters. The monoisotopic (exact) mass is 316 g/mol. The predicted octanol–water partition coefficient (Wildman–Crippen LogP) is 3.72. The van der Waals surface area contributed by atoms with Crippen LogP contribution in [0, 0.1) is 0 Å². The van der Waals surface area contributed by atoms with Gasteiger partial charge in [-0.25, -0.2) is 0 Å². The number of hydrogen-bond acceptors (Lipinski definition) is 2. The van der Waals surface area contributed by atoms with E-state index in [-0.39, 0.29) is 5.91 Å². The van der Waals surface area contributed by atoms with Gasteiger partial charge in [0.15, 0.2) is 0 Å². The molecule has 0 aromatic rings. The average molecular weight is 318 g/mol. The molecule has 6 heteroatoms. The molecule has 1 amide bonds. The van der Waals surface area contributed by atoms with Crippen LogP contribution in [0.25, 0.3) is 0 Å². The average Bonchev–Trinajstić information content (AvgIpc) is 2.28. The Kier molecular flexibility index (Phi) is 9.40. The Morgan fingerprint density at radius 2 is 1.72 bits per heavy atom. The first-order chi connectivity index (χ1) is 8.36. The van der Waals surface area contributed by atoms with E-state index in [1.807, 2.05) is 18.7 Å². The zero-order chi connectivity index (χ0) is 14.2. The van der Waals surface area contributed by atoms with Crippen molar-refractivity contribution in [1.29, 1.82) is 0 Å². The molecule has 0 heterocycles. The summed E-state index contributed by atoms with van der Waals surface area (Å²) in [6, 6.07) is 0. The van der Waals surface area contributed by atoms with E-state index in [1.165, 1.54) is 0 Å². The summed E-state index contributed by atoms with van der Waals surface area (Å²) in [5.41, 5.74) is 0. The van der Waals surface area contributed by atoms with Gasteiger partial charge < -0.3 is 5.32 Å². The van der Waals surface area contributed by atoms with Gasteiger partial charge in [-0.15, -0.1) is 0 Å². The second-order valence-corrected chi connectivity index (χ2v) is 6.56. The van der Waals surface area contributed by atoms with E-state index in [0.717, 1.165) is 19.3 Å². The third kappa shape index (κ3) is 7.03. The Morgan fingerprint density at radius 3 is 2.11 bits per heavy atom. The molecule has 1 N–H and O–H groups in total. The Labute approximate surface area is 125 Å². The fourth-order valence-corrected chi connectivity index (χ4v) is 2.31. The molecule has 0 spiro atoms. The molecule has 3 nitrogen and oxygen atoms in total. The Bertz CT molecular complexity index is 240. The molecule has 0 rings (SSSR count). The van der Waals surface area contributed by atoms with Crippen LogP contribution in [0.5, 0.6) is 0 Å². The highest BCUT2D eigenvalue weighted by atomic mass is 35.6. The van der Waals surface area contributed by atoms with Crippen molar-refractivity contribution in [2.45, 2.75) is 56.4 Å². The van der Waals surface area contributed by atoms with Crippen molar-refractivity contribution in [2.75, 3.05) is 13.1 Å². The van der Waals surface area contributed by atoms with Gasteiger partial charge in [0.05, 0.1) is 0 Å². The smallest absolute Gasteiger partial charge is 0.223 e. The van der Waals surface area contributed by atoms with Crippen molar-refractivity contribution in [3.63, 3.8) is 0 Å². The van der Waals surface area contributed by atoms with Gasteiger partial charge in [-0.2, -0.15) is 0 Å². The summed E-state index contributed by atoms with van der Waals surface area (Å²) in [6.07, 6.45) is 2.89. The van der Waals surface area contributed by atoms with Crippen molar-refractivity contribution in [3.05, 3.63) is 0 Å². The number of hydrogen-bond donors (Lipinski definition) is 1. The lowest BCUT2D eigenvalue weighted by Crippen LogP contribution is -2.55. The first-order valence-corrected chi connectivity index (χ1v) is 7.60. The minimum atomic E-state index is -1.52. The maximum atomic E-state index is 11.8. The summed E-state index contributed by atoms with van der Waals surface area (Å²) in [5.74, 6) is -0.0633. The Hall–Kier alpha value is 0.300. The molecule has 0 aromatic heterocycles. The van der Waals surface area contributed by atoms with E-state index in [4.69, 9.17) is 34.8 Å². The van der Waals surface area contributed by atoms with Crippen molar-refractivity contribution < 1.29 is 4.79 Å². The van der Waals surface area contributed by atoms with Gasteiger partial charge in [0.1, 0.15) is 6.17 Å². The normalized spacial score (nSPS) is 13.7. The van der Waals surface area contributed by atoms with Crippen LogP contribution in [0.1, 0.15) is 46.5 Å². The fourth-order valence-electron chi connectivity index (χ4n) is 1.73. The number of nitrogens with one attached hydrogen (secondary N) is 1. The molecule has 0 fully saturated rings. The standard InChI is InChI=1S/C12H23Cl3N2O/c1-4-7-8-9-10(18)16-11(12(13,14)15)17(5-2)6-3/h11H,4-9H2,1-3H3,(H,16,18). The number of alkyl halides is 3. The third-order valence-corrected chi connectivity index (χ3v) is 3.41. The second-order valence-electron chi connectivity index (χ2n) is 4.19. The van der Waals surface area contributed by atoms with Gasteiger partial charge in [-0.1, -0.05) is 68.4 Å². The largest absolute Gasteiger partial charge is 0.337 e. The van der Waals surface area contributed by atoms with E-state index in [0.29, 0.717) is 19.5 Å². The first kappa shape index (κ1) is 18.3. The summed E-state index contributed by atoms with van der Waals surface area (Å²) in [6.45, 7) is 7.46. The minimum absolute atomic E-state index is 0.0633. The number of nitrogens with zero attached hydrogens (tertiary/aromatic N) is 1. The lowest BCUT2D eigenvalue weighted by atomic mass is 10.2. The summed E-state index contributed by atoms with van der Waals surface area (Å²) >= 11 is 17.8. The summed E-state index contributed by atoms with van der Waals surface area (Å²) in [4.78, 5) is 13.7. The van der Waals surface area contributed by atoms with Gasteiger partial charge in [0.2, 0.25) is 9.70 Å². The predicted molar refractivity (Wildman–Crippen MR) is 79.3 cm³/mol. The van der Waals surface area contributed by atoms with E-state index in [2.05, 4.69) is 12.2 Å². The van der Waals surface area contributed by atoms with Crippen molar-refractivity contribution in [1.82, 2.24) is 10.2 Å². The molecular formula is C12H23Cl3N2O. The molecule has 0 saturated carbocycles. The Balaban J connectivity index is 4.46. The van der Waals surface area contributed by atoms with Gasteiger partial charge in [-0.3, -0.25) is 9.69 Å². The van der Waals surface area contributed by atoms with Crippen LogP contribution in [-0.4, -0.2) is 33.9 Å². The van der Waals surface area contributed by atoms with Crippen LogP contribution in [0.3, 0.4) is 0 Å². The van der Waals surface area contributed by atoms with E-state index in [9.17, 15) is 4.79 Å².